The lowest BCUT2D eigenvalue weighted by molar-refractivity contribution is 0.770. The van der Waals surface area contributed by atoms with E-state index in [2.05, 4.69) is 229 Å². The molecule has 0 saturated heterocycles. The second-order valence-corrected chi connectivity index (χ2v) is 16.0. The van der Waals surface area contributed by atoms with E-state index >= 15 is 0 Å². The summed E-state index contributed by atoms with van der Waals surface area (Å²) in [5.41, 5.74) is 15.6. The van der Waals surface area contributed by atoms with E-state index in [-0.39, 0.29) is 0 Å². The molecule has 2 heteroatoms. The minimum absolute atomic E-state index is 0.422. The van der Waals surface area contributed by atoms with Gasteiger partial charge in [-0.15, -0.1) is 11.3 Å². The van der Waals surface area contributed by atoms with Gasteiger partial charge in [-0.25, -0.2) is 0 Å². The zero-order valence-electron chi connectivity index (χ0n) is 31.2. The Hall–Kier alpha value is -7.00. The summed E-state index contributed by atoms with van der Waals surface area (Å²) in [4.78, 5) is 2.41. The largest absolute Gasteiger partial charge is 0.310 e. The molecule has 10 aromatic rings. The molecule has 0 bridgehead atoms. The Labute approximate surface area is 337 Å². The third-order valence-corrected chi connectivity index (χ3v) is 12.8. The van der Waals surface area contributed by atoms with Gasteiger partial charge in [-0.1, -0.05) is 182 Å². The van der Waals surface area contributed by atoms with Crippen molar-refractivity contribution in [3.63, 3.8) is 0 Å². The van der Waals surface area contributed by atoms with Gasteiger partial charge in [0.15, 0.2) is 0 Å². The number of nitrogens with zero attached hydrogens (tertiary/aromatic N) is 1. The van der Waals surface area contributed by atoms with Gasteiger partial charge in [-0.05, 0) is 98.1 Å². The van der Waals surface area contributed by atoms with Gasteiger partial charge in [0.1, 0.15) is 0 Å². The summed E-state index contributed by atoms with van der Waals surface area (Å²) in [6.45, 7) is 0. The van der Waals surface area contributed by atoms with E-state index < -0.39 is 5.41 Å². The molecule has 268 valence electrons. The second-order valence-electron chi connectivity index (χ2n) is 14.9. The first-order valence-corrected chi connectivity index (χ1v) is 20.4. The van der Waals surface area contributed by atoms with Crippen molar-refractivity contribution in [3.8, 4) is 33.4 Å². The van der Waals surface area contributed by atoms with E-state index in [4.69, 9.17) is 0 Å². The summed E-state index contributed by atoms with van der Waals surface area (Å²) < 4.78 is 2.56. The molecule has 0 amide bonds. The Balaban J connectivity index is 1.09. The van der Waals surface area contributed by atoms with Crippen LogP contribution in [0, 0.1) is 0 Å². The van der Waals surface area contributed by atoms with Crippen molar-refractivity contribution in [3.05, 3.63) is 247 Å². The first-order chi connectivity index (χ1) is 28.3. The van der Waals surface area contributed by atoms with Gasteiger partial charge < -0.3 is 4.90 Å². The van der Waals surface area contributed by atoms with Crippen LogP contribution in [0.3, 0.4) is 0 Å². The van der Waals surface area contributed by atoms with Crippen LogP contribution in [0.4, 0.5) is 17.1 Å². The molecule has 1 nitrogen and oxygen atoms in total. The number of thiophene rings is 1. The third-order valence-electron chi connectivity index (χ3n) is 11.7. The maximum atomic E-state index is 2.47. The van der Waals surface area contributed by atoms with Crippen LogP contribution in [0.5, 0.6) is 0 Å². The fourth-order valence-electron chi connectivity index (χ4n) is 9.21. The highest BCUT2D eigenvalue weighted by molar-refractivity contribution is 7.25. The Morgan fingerprint density at radius 2 is 0.772 bits per heavy atom. The Kier molecular flexibility index (Phi) is 7.98. The van der Waals surface area contributed by atoms with Crippen molar-refractivity contribution in [2.24, 2.45) is 0 Å². The lowest BCUT2D eigenvalue weighted by atomic mass is 9.67. The maximum absolute atomic E-state index is 2.47. The highest BCUT2D eigenvalue weighted by Crippen LogP contribution is 2.56. The molecular formula is C55H37NS. The first kappa shape index (κ1) is 33.3. The molecule has 11 rings (SSSR count). The average molecular weight is 744 g/mol. The summed E-state index contributed by atoms with van der Waals surface area (Å²) >= 11 is 1.89. The van der Waals surface area contributed by atoms with Crippen LogP contribution in [0.25, 0.3) is 53.6 Å². The molecule has 0 aliphatic heterocycles. The molecule has 1 aliphatic rings. The quantitative estimate of drug-likeness (QED) is 0.157. The smallest absolute Gasteiger partial charge is 0.0714 e. The van der Waals surface area contributed by atoms with Gasteiger partial charge in [0, 0.05) is 37.2 Å². The zero-order valence-corrected chi connectivity index (χ0v) is 32.0. The van der Waals surface area contributed by atoms with Crippen LogP contribution in [0.1, 0.15) is 22.3 Å². The number of fused-ring (bicyclic) bond motifs is 6. The topological polar surface area (TPSA) is 3.24 Å². The van der Waals surface area contributed by atoms with E-state index in [0.29, 0.717) is 0 Å². The summed E-state index contributed by atoms with van der Waals surface area (Å²) in [5, 5.41) is 2.57. The fraction of sp³-hybridized carbons (Fsp3) is 0.0182. The van der Waals surface area contributed by atoms with Gasteiger partial charge in [0.05, 0.1) is 5.41 Å². The van der Waals surface area contributed by atoms with E-state index in [0.717, 1.165) is 17.1 Å². The molecule has 1 aliphatic carbocycles. The summed E-state index contributed by atoms with van der Waals surface area (Å²) in [7, 11) is 0. The summed E-state index contributed by atoms with van der Waals surface area (Å²) in [6, 6.07) is 82.4. The van der Waals surface area contributed by atoms with Gasteiger partial charge in [0.2, 0.25) is 0 Å². The third kappa shape index (κ3) is 5.44. The Morgan fingerprint density at radius 1 is 0.316 bits per heavy atom. The zero-order chi connectivity index (χ0) is 37.8. The van der Waals surface area contributed by atoms with Crippen LogP contribution in [0.2, 0.25) is 0 Å². The molecule has 0 saturated carbocycles. The van der Waals surface area contributed by atoms with E-state index in [1.807, 2.05) is 11.3 Å². The van der Waals surface area contributed by atoms with Crippen LogP contribution in [-0.2, 0) is 5.41 Å². The van der Waals surface area contributed by atoms with Gasteiger partial charge >= 0.3 is 0 Å². The number of hydrogen-bond acceptors (Lipinski definition) is 2. The SMILES string of the molecule is c1ccc(-c2cccc(N(c3cccc(-c4ccccc4)c3)c3ccc4c(c3)sc3cc(C5(c6ccccc6)c6ccccc6-c6ccccc65)ccc34)c2)cc1. The van der Waals surface area contributed by atoms with E-state index in [1.165, 1.54) is 75.8 Å². The number of anilines is 3. The minimum atomic E-state index is -0.422. The second kappa shape index (κ2) is 13.6. The molecule has 9 aromatic carbocycles. The molecule has 57 heavy (non-hydrogen) atoms. The van der Waals surface area contributed by atoms with E-state index in [9.17, 15) is 0 Å². The summed E-state index contributed by atoms with van der Waals surface area (Å²) in [6.07, 6.45) is 0. The molecular weight excluding hydrogens is 707 g/mol. The summed E-state index contributed by atoms with van der Waals surface area (Å²) in [5.74, 6) is 0. The Bertz CT molecular complexity index is 2940. The lowest BCUT2D eigenvalue weighted by Crippen LogP contribution is -2.28. The Morgan fingerprint density at radius 3 is 1.35 bits per heavy atom. The molecule has 0 radical (unpaired) electrons. The van der Waals surface area contributed by atoms with Crippen LogP contribution < -0.4 is 4.90 Å². The normalized spacial score (nSPS) is 12.7. The lowest BCUT2D eigenvalue weighted by Gasteiger charge is -2.33. The molecule has 0 unspecified atom stereocenters. The van der Waals surface area contributed by atoms with Crippen molar-refractivity contribution in [1.82, 2.24) is 0 Å². The van der Waals surface area contributed by atoms with Crippen molar-refractivity contribution in [2.75, 3.05) is 4.90 Å². The minimum Gasteiger partial charge on any atom is -0.310 e. The predicted molar refractivity (Wildman–Crippen MR) is 242 cm³/mol. The molecule has 0 atom stereocenters. The van der Waals surface area contributed by atoms with Crippen LogP contribution in [-0.4, -0.2) is 0 Å². The van der Waals surface area contributed by atoms with Gasteiger partial charge in [-0.2, -0.15) is 0 Å². The molecule has 0 fully saturated rings. The van der Waals surface area contributed by atoms with Gasteiger partial charge in [-0.3, -0.25) is 0 Å². The number of hydrogen-bond donors (Lipinski definition) is 0. The first-order valence-electron chi connectivity index (χ1n) is 19.6. The standard InChI is InChI=1S/C55H37NS/c1-4-16-38(17-5-1)40-20-14-24-44(34-40)56(45-25-15-21-41(35-45)39-18-6-2-7-19-39)46-31-33-50-49-32-30-43(36-53(49)57-54(50)37-46)55(42-22-8-3-9-23-42)51-28-12-10-26-47(51)48-27-11-13-29-52(48)55/h1-37H. The predicted octanol–water partition coefficient (Wildman–Crippen LogP) is 15.2. The number of rotatable bonds is 7. The number of benzene rings is 9. The van der Waals surface area contributed by atoms with Crippen LogP contribution in [0.15, 0.2) is 224 Å². The molecule has 0 spiro atoms. The molecule has 1 heterocycles. The van der Waals surface area contributed by atoms with Crippen molar-refractivity contribution < 1.29 is 0 Å². The average Bonchev–Trinajstić information content (AvgIpc) is 3.81. The van der Waals surface area contributed by atoms with Crippen LogP contribution >= 0.6 is 11.3 Å². The molecule has 0 N–H and O–H groups in total. The van der Waals surface area contributed by atoms with Crippen molar-refractivity contribution in [2.45, 2.75) is 5.41 Å². The van der Waals surface area contributed by atoms with Gasteiger partial charge in [0.25, 0.3) is 0 Å². The highest BCUT2D eigenvalue weighted by atomic mass is 32.1. The monoisotopic (exact) mass is 743 g/mol. The highest BCUT2D eigenvalue weighted by Gasteiger charge is 2.45. The fourth-order valence-corrected chi connectivity index (χ4v) is 10.4. The van der Waals surface area contributed by atoms with Crippen molar-refractivity contribution >= 4 is 48.6 Å². The maximum Gasteiger partial charge on any atom is 0.0714 e. The van der Waals surface area contributed by atoms with Crippen molar-refractivity contribution in [1.29, 1.82) is 0 Å². The van der Waals surface area contributed by atoms with E-state index in [1.54, 1.807) is 0 Å². The molecule has 1 aromatic heterocycles.